The summed E-state index contributed by atoms with van der Waals surface area (Å²) in [6.07, 6.45) is -1.17. The van der Waals surface area contributed by atoms with Gasteiger partial charge in [0, 0.05) is 27.9 Å². The first-order valence-electron chi connectivity index (χ1n) is 7.51. The van der Waals surface area contributed by atoms with Crippen LogP contribution in [0.15, 0.2) is 53.0 Å². The Labute approximate surface area is 189 Å². The number of anilines is 1. The van der Waals surface area contributed by atoms with E-state index in [0.29, 0.717) is 11.3 Å². The molecule has 0 fully saturated rings. The fraction of sp³-hybridized carbons (Fsp3) is 0.125. The lowest BCUT2D eigenvalue weighted by molar-refractivity contribution is -0.384. The first-order chi connectivity index (χ1) is 13.1. The third-order valence-corrected chi connectivity index (χ3v) is 4.70. The van der Waals surface area contributed by atoms with Crippen LogP contribution in [0.3, 0.4) is 0 Å². The van der Waals surface area contributed by atoms with Gasteiger partial charge >= 0.3 is 0 Å². The Bertz CT molecular complexity index is 893. The van der Waals surface area contributed by atoms with Crippen molar-refractivity contribution in [1.82, 2.24) is 10.6 Å². The predicted octanol–water partition coefficient (Wildman–Crippen LogP) is 4.77. The van der Waals surface area contributed by atoms with Crippen LogP contribution in [-0.2, 0) is 0 Å². The molecule has 0 spiro atoms. The minimum atomic E-state index is -1.93. The summed E-state index contributed by atoms with van der Waals surface area (Å²) in [6, 6.07) is 12.3. The number of hydrogen-bond donors (Lipinski definition) is 3. The van der Waals surface area contributed by atoms with Crippen molar-refractivity contribution in [3.05, 3.63) is 68.7 Å². The number of alkyl halides is 3. The Kier molecular flexibility index (Phi) is 7.85. The van der Waals surface area contributed by atoms with Gasteiger partial charge in [0.25, 0.3) is 11.6 Å². The van der Waals surface area contributed by atoms with Gasteiger partial charge in [0.05, 0.1) is 4.92 Å². The molecule has 0 unspecified atom stereocenters. The maximum absolute atomic E-state index is 12.4. The minimum Gasteiger partial charge on any atom is -0.339 e. The van der Waals surface area contributed by atoms with Crippen LogP contribution in [0.5, 0.6) is 0 Å². The van der Waals surface area contributed by atoms with Gasteiger partial charge in [-0.05, 0) is 42.5 Å². The Morgan fingerprint density at radius 3 is 2.36 bits per heavy atom. The van der Waals surface area contributed by atoms with Crippen LogP contribution >= 0.6 is 63.0 Å². The number of non-ortho nitro benzene ring substituents is 1. The molecule has 3 N–H and O–H groups in total. The van der Waals surface area contributed by atoms with Crippen molar-refractivity contribution in [3.8, 4) is 0 Å². The third-order valence-electron chi connectivity index (χ3n) is 3.30. The summed E-state index contributed by atoms with van der Waals surface area (Å²) in [5.41, 5.74) is 0.588. The topological polar surface area (TPSA) is 96.3 Å². The van der Waals surface area contributed by atoms with E-state index in [1.807, 2.05) is 0 Å². The van der Waals surface area contributed by atoms with E-state index >= 15 is 0 Å². The smallest absolute Gasteiger partial charge is 0.271 e. The first kappa shape index (κ1) is 22.6. The molecule has 12 heteroatoms. The van der Waals surface area contributed by atoms with Crippen LogP contribution in [0.2, 0.25) is 0 Å². The molecule has 0 aromatic heterocycles. The van der Waals surface area contributed by atoms with Crippen molar-refractivity contribution in [2.45, 2.75) is 9.96 Å². The normalized spacial score (nSPS) is 12.0. The molecule has 2 aromatic rings. The van der Waals surface area contributed by atoms with Gasteiger partial charge in [-0.3, -0.25) is 14.9 Å². The van der Waals surface area contributed by atoms with Gasteiger partial charge in [-0.1, -0.05) is 56.8 Å². The summed E-state index contributed by atoms with van der Waals surface area (Å²) in [4.78, 5) is 22.7. The average Bonchev–Trinajstić information content (AvgIpc) is 2.61. The van der Waals surface area contributed by atoms with Crippen LogP contribution in [0, 0.1) is 10.1 Å². The van der Waals surface area contributed by atoms with Crippen molar-refractivity contribution >= 4 is 85.3 Å². The van der Waals surface area contributed by atoms with Crippen molar-refractivity contribution in [2.75, 3.05) is 5.32 Å². The lowest BCUT2D eigenvalue weighted by Gasteiger charge is -2.27. The number of nitro benzene ring substituents is 1. The number of carbonyl (C=O) groups is 1. The highest BCUT2D eigenvalue weighted by Crippen LogP contribution is 2.29. The van der Waals surface area contributed by atoms with Crippen molar-refractivity contribution in [1.29, 1.82) is 0 Å². The van der Waals surface area contributed by atoms with Gasteiger partial charge in [-0.2, -0.15) is 0 Å². The number of nitrogens with one attached hydrogen (secondary N) is 3. The Hall–Kier alpha value is -1.65. The second-order valence-corrected chi connectivity index (χ2v) is 9.05. The lowest BCUT2D eigenvalue weighted by Crippen LogP contribution is -2.56. The van der Waals surface area contributed by atoms with Crippen molar-refractivity contribution in [2.24, 2.45) is 0 Å². The zero-order valence-corrected chi connectivity index (χ0v) is 18.5. The van der Waals surface area contributed by atoms with Crippen molar-refractivity contribution in [3.63, 3.8) is 0 Å². The molecule has 2 rings (SSSR count). The number of amides is 1. The number of hydrogen-bond acceptors (Lipinski definition) is 4. The molecule has 0 aliphatic heterocycles. The van der Waals surface area contributed by atoms with E-state index in [1.54, 1.807) is 30.3 Å². The molecule has 1 amide bonds. The molecule has 28 heavy (non-hydrogen) atoms. The Balaban J connectivity index is 2.08. The lowest BCUT2D eigenvalue weighted by atomic mass is 10.2. The zero-order valence-electron chi connectivity index (χ0n) is 13.8. The van der Waals surface area contributed by atoms with Crippen LogP contribution in [0.25, 0.3) is 0 Å². The predicted molar refractivity (Wildman–Crippen MR) is 118 cm³/mol. The molecular weight excluding hydrogens is 515 g/mol. The van der Waals surface area contributed by atoms with Gasteiger partial charge in [-0.25, -0.2) is 0 Å². The van der Waals surface area contributed by atoms with Crippen LogP contribution in [0.1, 0.15) is 10.4 Å². The molecule has 0 bridgehead atoms. The fourth-order valence-electron chi connectivity index (χ4n) is 2.01. The number of nitro groups is 1. The van der Waals surface area contributed by atoms with Gasteiger partial charge in [-0.15, -0.1) is 0 Å². The monoisotopic (exact) mass is 524 g/mol. The van der Waals surface area contributed by atoms with Crippen LogP contribution < -0.4 is 16.0 Å². The number of benzene rings is 2. The first-order valence-corrected chi connectivity index (χ1v) is 9.85. The summed E-state index contributed by atoms with van der Waals surface area (Å²) in [7, 11) is 0. The number of rotatable bonds is 5. The van der Waals surface area contributed by atoms with Crippen LogP contribution in [0.4, 0.5) is 11.4 Å². The molecule has 0 aliphatic rings. The zero-order chi connectivity index (χ0) is 20.9. The second kappa shape index (κ2) is 9.71. The summed E-state index contributed by atoms with van der Waals surface area (Å²) in [5, 5.41) is 18.8. The van der Waals surface area contributed by atoms with E-state index in [4.69, 9.17) is 47.0 Å². The van der Waals surface area contributed by atoms with E-state index in [9.17, 15) is 14.9 Å². The average molecular weight is 527 g/mol. The minimum absolute atomic E-state index is 0.00655. The summed E-state index contributed by atoms with van der Waals surface area (Å²) in [6.45, 7) is 0. The summed E-state index contributed by atoms with van der Waals surface area (Å²) >= 11 is 26.2. The molecule has 0 heterocycles. The highest BCUT2D eigenvalue weighted by atomic mass is 79.9. The fourth-order valence-corrected chi connectivity index (χ4v) is 2.84. The van der Waals surface area contributed by atoms with Gasteiger partial charge in [0.1, 0.15) is 6.17 Å². The van der Waals surface area contributed by atoms with E-state index in [1.165, 1.54) is 18.2 Å². The Morgan fingerprint density at radius 1 is 1.14 bits per heavy atom. The molecule has 148 valence electrons. The number of thiocarbonyl (C=S) groups is 1. The second-order valence-electron chi connectivity index (χ2n) is 5.36. The van der Waals surface area contributed by atoms with E-state index in [0.717, 1.165) is 4.47 Å². The molecule has 0 aliphatic carbocycles. The van der Waals surface area contributed by atoms with E-state index in [2.05, 4.69) is 31.9 Å². The number of nitrogens with zero attached hydrogens (tertiary/aromatic N) is 1. The highest BCUT2D eigenvalue weighted by Gasteiger charge is 2.35. The standard InChI is InChI=1S/C16H12BrCl3N4O3S/c17-10-6-4-9(5-7-10)13(25)22-14(16(18,19)20)23-15(28)21-11-2-1-3-12(8-11)24(26)27/h1-8,14H,(H,22,25)(H2,21,23,28)/t14-/m1/s1. The van der Waals surface area contributed by atoms with Gasteiger partial charge in [0.2, 0.25) is 3.79 Å². The third kappa shape index (κ3) is 6.75. The molecule has 2 aromatic carbocycles. The van der Waals surface area contributed by atoms with Crippen LogP contribution in [-0.4, -0.2) is 25.9 Å². The highest BCUT2D eigenvalue weighted by molar-refractivity contribution is 9.10. The largest absolute Gasteiger partial charge is 0.339 e. The maximum Gasteiger partial charge on any atom is 0.271 e. The van der Waals surface area contributed by atoms with E-state index < -0.39 is 20.8 Å². The van der Waals surface area contributed by atoms with E-state index in [-0.39, 0.29) is 10.8 Å². The molecule has 0 saturated heterocycles. The molecule has 7 nitrogen and oxygen atoms in total. The van der Waals surface area contributed by atoms with Gasteiger partial charge < -0.3 is 16.0 Å². The molecular formula is C16H12BrCl3N4O3S. The van der Waals surface area contributed by atoms with Crippen molar-refractivity contribution < 1.29 is 9.72 Å². The van der Waals surface area contributed by atoms with Gasteiger partial charge in [0.15, 0.2) is 5.11 Å². The Morgan fingerprint density at radius 2 is 1.79 bits per heavy atom. The molecule has 0 radical (unpaired) electrons. The molecule has 1 atom stereocenters. The summed E-state index contributed by atoms with van der Waals surface area (Å²) in [5.74, 6) is -0.491. The number of carbonyl (C=O) groups excluding carboxylic acids is 1. The molecule has 0 saturated carbocycles. The SMILES string of the molecule is O=C(N[C@H](NC(=S)Nc1cccc([N+](=O)[O-])c1)C(Cl)(Cl)Cl)c1ccc(Br)cc1. The summed E-state index contributed by atoms with van der Waals surface area (Å²) < 4.78 is -1.12. The maximum atomic E-state index is 12.4. The number of halogens is 4. The quantitative estimate of drug-likeness (QED) is 0.171.